The van der Waals surface area contributed by atoms with E-state index in [4.69, 9.17) is 9.47 Å². The highest BCUT2D eigenvalue weighted by Crippen LogP contribution is 2.31. The van der Waals surface area contributed by atoms with Crippen molar-refractivity contribution in [3.8, 4) is 22.8 Å². The third kappa shape index (κ3) is 3.00. The number of benzene rings is 2. The quantitative estimate of drug-likeness (QED) is 0.782. The van der Waals surface area contributed by atoms with Crippen LogP contribution in [0.4, 0.5) is 0 Å². The van der Waals surface area contributed by atoms with Crippen molar-refractivity contribution in [2.24, 2.45) is 7.05 Å². The van der Waals surface area contributed by atoms with Crippen molar-refractivity contribution in [2.45, 2.75) is 5.60 Å². The van der Waals surface area contributed by atoms with Crippen LogP contribution in [0.1, 0.15) is 5.56 Å². The third-order valence-electron chi connectivity index (χ3n) is 4.49. The van der Waals surface area contributed by atoms with Crippen molar-refractivity contribution >= 4 is 0 Å². The summed E-state index contributed by atoms with van der Waals surface area (Å²) in [6, 6.07) is 15.2. The van der Waals surface area contributed by atoms with Crippen molar-refractivity contribution in [3.63, 3.8) is 0 Å². The minimum Gasteiger partial charge on any atom is -0.435 e. The molecule has 132 valence electrons. The van der Waals surface area contributed by atoms with E-state index in [-0.39, 0.29) is 11.4 Å². The first-order valence-electron chi connectivity index (χ1n) is 8.26. The molecule has 1 aliphatic heterocycles. The second kappa shape index (κ2) is 6.40. The van der Waals surface area contributed by atoms with Gasteiger partial charge in [-0.15, -0.1) is 0 Å². The Bertz CT molecular complexity index is 974. The molecule has 1 saturated heterocycles. The maximum Gasteiger partial charge on any atom is 0.313 e. The standard InChI is InChI=1S/C20H18N2O4/c1-22-11-10-21-18(19(22)23)26-17-8-4-15(5-9-17)14-2-6-16(7-3-14)20(24)12-25-13-20/h2-11,24H,12-13H2,1H3. The summed E-state index contributed by atoms with van der Waals surface area (Å²) in [6.45, 7) is 0.677. The molecular formula is C20H18N2O4. The molecule has 0 saturated carbocycles. The average molecular weight is 350 g/mol. The number of rotatable bonds is 4. The largest absolute Gasteiger partial charge is 0.435 e. The lowest BCUT2D eigenvalue weighted by atomic mass is 9.91. The Kier molecular flexibility index (Phi) is 4.06. The van der Waals surface area contributed by atoms with Gasteiger partial charge in [-0.3, -0.25) is 4.79 Å². The van der Waals surface area contributed by atoms with Crippen LogP contribution in [0, 0.1) is 0 Å². The van der Waals surface area contributed by atoms with Gasteiger partial charge in [0.1, 0.15) is 11.4 Å². The maximum absolute atomic E-state index is 12.0. The Balaban J connectivity index is 1.52. The molecule has 1 fully saturated rings. The molecule has 2 aromatic carbocycles. The normalized spacial score (nSPS) is 15.3. The molecule has 2 heterocycles. The number of aliphatic hydroxyl groups is 1. The molecule has 1 N–H and O–H groups in total. The molecular weight excluding hydrogens is 332 g/mol. The number of hydrogen-bond donors (Lipinski definition) is 1. The summed E-state index contributed by atoms with van der Waals surface area (Å²) in [5, 5.41) is 10.3. The van der Waals surface area contributed by atoms with Crippen molar-refractivity contribution in [2.75, 3.05) is 13.2 Å². The lowest BCUT2D eigenvalue weighted by Gasteiger charge is -2.36. The molecule has 0 aliphatic carbocycles. The summed E-state index contributed by atoms with van der Waals surface area (Å²) in [6.07, 6.45) is 3.10. The topological polar surface area (TPSA) is 73.6 Å². The molecule has 0 atom stereocenters. The van der Waals surface area contributed by atoms with Crippen molar-refractivity contribution < 1.29 is 14.6 Å². The minimum atomic E-state index is -0.856. The Morgan fingerprint density at radius 1 is 1.08 bits per heavy atom. The lowest BCUT2D eigenvalue weighted by Crippen LogP contribution is -2.46. The number of nitrogens with zero attached hydrogens (tertiary/aromatic N) is 2. The first-order chi connectivity index (χ1) is 12.5. The second-order valence-corrected chi connectivity index (χ2v) is 6.38. The number of hydrogen-bond acceptors (Lipinski definition) is 5. The average Bonchev–Trinajstić information content (AvgIpc) is 2.64. The number of aromatic nitrogens is 2. The molecule has 3 aromatic rings. The number of ether oxygens (including phenoxy) is 2. The van der Waals surface area contributed by atoms with Crippen LogP contribution in [-0.4, -0.2) is 27.9 Å². The van der Waals surface area contributed by atoms with E-state index in [0.717, 1.165) is 16.7 Å². The Morgan fingerprint density at radius 3 is 2.27 bits per heavy atom. The number of aryl methyl sites for hydroxylation is 1. The van der Waals surface area contributed by atoms with E-state index < -0.39 is 5.60 Å². The second-order valence-electron chi connectivity index (χ2n) is 6.38. The van der Waals surface area contributed by atoms with Gasteiger partial charge in [0.2, 0.25) is 0 Å². The van der Waals surface area contributed by atoms with E-state index in [1.165, 1.54) is 10.8 Å². The molecule has 0 amide bonds. The predicted molar refractivity (Wildman–Crippen MR) is 96.1 cm³/mol. The van der Waals surface area contributed by atoms with Crippen LogP contribution in [0.25, 0.3) is 11.1 Å². The van der Waals surface area contributed by atoms with Gasteiger partial charge in [-0.2, -0.15) is 0 Å². The van der Waals surface area contributed by atoms with E-state index in [1.807, 2.05) is 36.4 Å². The van der Waals surface area contributed by atoms with Crippen LogP contribution in [0.3, 0.4) is 0 Å². The van der Waals surface area contributed by atoms with E-state index in [0.29, 0.717) is 19.0 Å². The Morgan fingerprint density at radius 2 is 1.69 bits per heavy atom. The van der Waals surface area contributed by atoms with Crippen molar-refractivity contribution in [3.05, 3.63) is 76.8 Å². The van der Waals surface area contributed by atoms with Crippen molar-refractivity contribution in [1.29, 1.82) is 0 Å². The fourth-order valence-electron chi connectivity index (χ4n) is 2.81. The molecule has 0 spiro atoms. The third-order valence-corrected chi connectivity index (χ3v) is 4.49. The highest BCUT2D eigenvalue weighted by molar-refractivity contribution is 5.64. The van der Waals surface area contributed by atoms with E-state index in [1.54, 1.807) is 25.4 Å². The lowest BCUT2D eigenvalue weighted by molar-refractivity contribution is -0.184. The minimum absolute atomic E-state index is 0.0445. The van der Waals surface area contributed by atoms with Gasteiger partial charge in [0.25, 0.3) is 5.88 Å². The van der Waals surface area contributed by atoms with Crippen molar-refractivity contribution in [1.82, 2.24) is 9.55 Å². The first kappa shape index (κ1) is 16.5. The highest BCUT2D eigenvalue weighted by atomic mass is 16.5. The highest BCUT2D eigenvalue weighted by Gasteiger charge is 2.37. The van der Waals surface area contributed by atoms with Crippen LogP contribution >= 0.6 is 0 Å². The summed E-state index contributed by atoms with van der Waals surface area (Å²) < 4.78 is 12.1. The van der Waals surface area contributed by atoms with Crippen LogP contribution in [0.15, 0.2) is 65.7 Å². The summed E-state index contributed by atoms with van der Waals surface area (Å²) in [5.74, 6) is 0.588. The van der Waals surface area contributed by atoms with E-state index >= 15 is 0 Å². The molecule has 0 bridgehead atoms. The van der Waals surface area contributed by atoms with Gasteiger partial charge < -0.3 is 19.1 Å². The molecule has 1 aliphatic rings. The molecule has 1 aromatic heterocycles. The Labute approximate surface area is 150 Å². The maximum atomic E-state index is 12.0. The van der Waals surface area contributed by atoms with Gasteiger partial charge in [-0.25, -0.2) is 4.98 Å². The molecule has 4 rings (SSSR count). The first-order valence-corrected chi connectivity index (χ1v) is 8.26. The molecule has 6 nitrogen and oxygen atoms in total. The monoisotopic (exact) mass is 350 g/mol. The molecule has 6 heteroatoms. The summed E-state index contributed by atoms with van der Waals surface area (Å²) >= 11 is 0. The summed E-state index contributed by atoms with van der Waals surface area (Å²) in [4.78, 5) is 15.9. The van der Waals surface area contributed by atoms with Crippen LogP contribution in [0.2, 0.25) is 0 Å². The molecule has 0 unspecified atom stereocenters. The van der Waals surface area contributed by atoms with Gasteiger partial charge >= 0.3 is 5.56 Å². The summed E-state index contributed by atoms with van der Waals surface area (Å²) in [7, 11) is 1.65. The van der Waals surface area contributed by atoms with E-state index in [2.05, 4.69) is 4.98 Å². The zero-order chi connectivity index (χ0) is 18.1. The molecule has 26 heavy (non-hydrogen) atoms. The predicted octanol–water partition coefficient (Wildman–Crippen LogP) is 2.46. The van der Waals surface area contributed by atoms with Gasteiger partial charge in [-0.1, -0.05) is 36.4 Å². The van der Waals surface area contributed by atoms with Crippen LogP contribution < -0.4 is 10.3 Å². The van der Waals surface area contributed by atoms with Crippen LogP contribution in [0.5, 0.6) is 11.6 Å². The van der Waals surface area contributed by atoms with Gasteiger partial charge in [0, 0.05) is 19.4 Å². The van der Waals surface area contributed by atoms with E-state index in [9.17, 15) is 9.90 Å². The van der Waals surface area contributed by atoms with Crippen LogP contribution in [-0.2, 0) is 17.4 Å². The van der Waals surface area contributed by atoms with Gasteiger partial charge in [0.15, 0.2) is 0 Å². The zero-order valence-corrected chi connectivity index (χ0v) is 14.3. The smallest absolute Gasteiger partial charge is 0.313 e. The molecule has 0 radical (unpaired) electrons. The fourth-order valence-corrected chi connectivity index (χ4v) is 2.81. The summed E-state index contributed by atoms with van der Waals surface area (Å²) in [5.41, 5.74) is 1.75. The Hall–Kier alpha value is -2.96. The van der Waals surface area contributed by atoms with Gasteiger partial charge in [-0.05, 0) is 28.8 Å². The zero-order valence-electron chi connectivity index (χ0n) is 14.3. The SMILES string of the molecule is Cn1ccnc(Oc2ccc(-c3ccc(C4(O)COC4)cc3)cc2)c1=O. The van der Waals surface area contributed by atoms with Gasteiger partial charge in [0.05, 0.1) is 13.2 Å². The fraction of sp³-hybridized carbons (Fsp3) is 0.200.